The van der Waals surface area contributed by atoms with Gasteiger partial charge in [-0.25, -0.2) is 19.4 Å². The fourth-order valence-electron chi connectivity index (χ4n) is 3.94. The number of benzene rings is 2. The maximum absolute atomic E-state index is 12.3. The molecule has 0 amide bonds. The molecule has 174 valence electrons. The standard InChI is InChI=1S/C24H22ClN5O4/c1-2-32-24(31)16-5-3-4-15(14-16)20-23(27-22-21(26-20)28-34-29-22)30-12-10-19(11-13-30)33-18-8-6-17(25)7-9-18/h3-9,14,19H,2,10-13H2,1H3. The van der Waals surface area contributed by atoms with Gasteiger partial charge in [-0.2, -0.15) is 0 Å². The van der Waals surface area contributed by atoms with E-state index in [1.165, 1.54) is 0 Å². The summed E-state index contributed by atoms with van der Waals surface area (Å²) in [6.07, 6.45) is 1.70. The highest BCUT2D eigenvalue weighted by Gasteiger charge is 2.26. The molecule has 0 aliphatic carbocycles. The molecule has 4 aromatic rings. The lowest BCUT2D eigenvalue weighted by atomic mass is 10.0. The van der Waals surface area contributed by atoms with Crippen molar-refractivity contribution in [3.8, 4) is 17.0 Å². The molecule has 1 saturated heterocycles. The molecule has 2 aromatic heterocycles. The topological polar surface area (TPSA) is 103 Å². The Morgan fingerprint density at radius 2 is 1.82 bits per heavy atom. The van der Waals surface area contributed by atoms with E-state index in [2.05, 4.69) is 25.2 Å². The van der Waals surface area contributed by atoms with Crippen LogP contribution in [-0.4, -0.2) is 52.1 Å². The third-order valence-corrected chi connectivity index (χ3v) is 5.85. The summed E-state index contributed by atoms with van der Waals surface area (Å²) < 4.78 is 16.1. The van der Waals surface area contributed by atoms with Crippen molar-refractivity contribution in [3.05, 3.63) is 59.1 Å². The number of hydrogen-bond acceptors (Lipinski definition) is 9. The number of carbonyl (C=O) groups excluding carboxylic acids is 1. The average Bonchev–Trinajstić information content (AvgIpc) is 3.33. The van der Waals surface area contributed by atoms with Gasteiger partial charge >= 0.3 is 5.97 Å². The van der Waals surface area contributed by atoms with Gasteiger partial charge in [-0.1, -0.05) is 23.7 Å². The van der Waals surface area contributed by atoms with Crippen LogP contribution >= 0.6 is 11.6 Å². The van der Waals surface area contributed by atoms with Gasteiger partial charge in [0.15, 0.2) is 5.82 Å². The average molecular weight is 480 g/mol. The van der Waals surface area contributed by atoms with Crippen LogP contribution in [0.25, 0.3) is 22.6 Å². The first-order valence-corrected chi connectivity index (χ1v) is 11.4. The lowest BCUT2D eigenvalue weighted by molar-refractivity contribution is 0.0526. The molecule has 5 rings (SSSR count). The van der Waals surface area contributed by atoms with Gasteiger partial charge in [-0.3, -0.25) is 0 Å². The van der Waals surface area contributed by atoms with Crippen molar-refractivity contribution < 1.29 is 18.9 Å². The fourth-order valence-corrected chi connectivity index (χ4v) is 4.07. The number of hydrogen-bond donors (Lipinski definition) is 0. The minimum Gasteiger partial charge on any atom is -0.490 e. The first-order chi connectivity index (χ1) is 16.6. The summed E-state index contributed by atoms with van der Waals surface area (Å²) in [5.41, 5.74) is 2.42. The lowest BCUT2D eigenvalue weighted by Gasteiger charge is -2.33. The van der Waals surface area contributed by atoms with E-state index in [0.717, 1.165) is 24.2 Å². The predicted molar refractivity (Wildman–Crippen MR) is 126 cm³/mol. The van der Waals surface area contributed by atoms with Gasteiger partial charge in [-0.15, -0.1) is 0 Å². The number of esters is 1. The summed E-state index contributed by atoms with van der Waals surface area (Å²) in [6.45, 7) is 3.51. The van der Waals surface area contributed by atoms with Crippen LogP contribution < -0.4 is 9.64 Å². The highest BCUT2D eigenvalue weighted by Crippen LogP contribution is 2.32. The van der Waals surface area contributed by atoms with Crippen molar-refractivity contribution in [1.29, 1.82) is 0 Å². The maximum atomic E-state index is 12.3. The number of carbonyl (C=O) groups is 1. The van der Waals surface area contributed by atoms with Crippen LogP contribution in [0.3, 0.4) is 0 Å². The molecule has 0 bridgehead atoms. The van der Waals surface area contributed by atoms with Gasteiger partial charge in [-0.05, 0) is 53.6 Å². The Morgan fingerprint density at radius 1 is 1.09 bits per heavy atom. The molecule has 3 heterocycles. The Morgan fingerprint density at radius 3 is 2.56 bits per heavy atom. The maximum Gasteiger partial charge on any atom is 0.338 e. The molecule has 1 fully saturated rings. The van der Waals surface area contributed by atoms with Gasteiger partial charge in [0.05, 0.1) is 12.2 Å². The Balaban J connectivity index is 1.40. The van der Waals surface area contributed by atoms with Gasteiger partial charge in [0.25, 0.3) is 0 Å². The molecule has 0 radical (unpaired) electrons. The second kappa shape index (κ2) is 9.64. The summed E-state index contributed by atoms with van der Waals surface area (Å²) in [6, 6.07) is 14.5. The predicted octanol–water partition coefficient (Wildman–Crippen LogP) is 4.56. The lowest BCUT2D eigenvalue weighted by Crippen LogP contribution is -2.39. The number of fused-ring (bicyclic) bond motifs is 1. The zero-order valence-electron chi connectivity index (χ0n) is 18.5. The Hall–Kier alpha value is -3.72. The van der Waals surface area contributed by atoms with Crippen LogP contribution in [0, 0.1) is 0 Å². The van der Waals surface area contributed by atoms with E-state index in [0.29, 0.717) is 53.1 Å². The summed E-state index contributed by atoms with van der Waals surface area (Å²) in [7, 11) is 0. The quantitative estimate of drug-likeness (QED) is 0.368. The molecule has 2 aromatic carbocycles. The summed E-state index contributed by atoms with van der Waals surface area (Å²) in [4.78, 5) is 23.8. The first-order valence-electron chi connectivity index (χ1n) is 11.1. The van der Waals surface area contributed by atoms with E-state index < -0.39 is 0 Å². The third kappa shape index (κ3) is 4.65. The van der Waals surface area contributed by atoms with Crippen molar-refractivity contribution in [2.75, 3.05) is 24.6 Å². The largest absolute Gasteiger partial charge is 0.490 e. The second-order valence-corrected chi connectivity index (χ2v) is 8.30. The Labute approximate surface area is 200 Å². The zero-order valence-corrected chi connectivity index (χ0v) is 19.2. The monoisotopic (exact) mass is 479 g/mol. The van der Waals surface area contributed by atoms with E-state index >= 15 is 0 Å². The highest BCUT2D eigenvalue weighted by atomic mass is 35.5. The Bertz CT molecular complexity index is 1300. The molecule has 0 unspecified atom stereocenters. The molecule has 1 aliphatic heterocycles. The summed E-state index contributed by atoms with van der Waals surface area (Å²) in [5.74, 6) is 1.08. The van der Waals surface area contributed by atoms with E-state index in [4.69, 9.17) is 25.7 Å². The second-order valence-electron chi connectivity index (χ2n) is 7.87. The molecular weight excluding hydrogens is 458 g/mol. The molecule has 10 heteroatoms. The van der Waals surface area contributed by atoms with Crippen LogP contribution in [0.5, 0.6) is 5.75 Å². The molecule has 0 saturated carbocycles. The summed E-state index contributed by atoms with van der Waals surface area (Å²) in [5, 5.41) is 8.38. The Kier molecular flexibility index (Phi) is 6.27. The van der Waals surface area contributed by atoms with Crippen LogP contribution in [0.15, 0.2) is 53.2 Å². The smallest absolute Gasteiger partial charge is 0.338 e. The molecule has 0 N–H and O–H groups in total. The van der Waals surface area contributed by atoms with Gasteiger partial charge in [0, 0.05) is 36.5 Å². The number of anilines is 1. The normalized spacial score (nSPS) is 14.4. The number of halogens is 1. The molecule has 0 atom stereocenters. The number of aromatic nitrogens is 4. The van der Waals surface area contributed by atoms with Crippen molar-refractivity contribution in [2.45, 2.75) is 25.9 Å². The third-order valence-electron chi connectivity index (χ3n) is 5.60. The number of piperidine rings is 1. The van der Waals surface area contributed by atoms with Crippen molar-refractivity contribution in [3.63, 3.8) is 0 Å². The number of rotatable bonds is 6. The first kappa shape index (κ1) is 22.1. The summed E-state index contributed by atoms with van der Waals surface area (Å²) >= 11 is 5.97. The van der Waals surface area contributed by atoms with E-state index in [-0.39, 0.29) is 12.1 Å². The van der Waals surface area contributed by atoms with Crippen LogP contribution in [0.1, 0.15) is 30.1 Å². The minimum atomic E-state index is -0.386. The molecular formula is C24H22ClN5O4. The number of ether oxygens (including phenoxy) is 2. The molecule has 34 heavy (non-hydrogen) atoms. The molecule has 0 spiro atoms. The zero-order chi connectivity index (χ0) is 23.5. The van der Waals surface area contributed by atoms with Crippen LogP contribution in [0.2, 0.25) is 5.02 Å². The van der Waals surface area contributed by atoms with E-state index in [1.54, 1.807) is 25.1 Å². The molecule has 1 aliphatic rings. The van der Waals surface area contributed by atoms with E-state index in [1.807, 2.05) is 30.3 Å². The van der Waals surface area contributed by atoms with Gasteiger partial charge in [0.2, 0.25) is 11.3 Å². The van der Waals surface area contributed by atoms with Gasteiger partial charge < -0.3 is 14.4 Å². The van der Waals surface area contributed by atoms with E-state index in [9.17, 15) is 4.79 Å². The highest BCUT2D eigenvalue weighted by molar-refractivity contribution is 6.30. The van der Waals surface area contributed by atoms with Crippen molar-refractivity contribution >= 4 is 34.7 Å². The van der Waals surface area contributed by atoms with Crippen molar-refractivity contribution in [2.24, 2.45) is 0 Å². The van der Waals surface area contributed by atoms with Gasteiger partial charge in [0.1, 0.15) is 17.5 Å². The number of nitrogens with zero attached hydrogens (tertiary/aromatic N) is 5. The minimum absolute atomic E-state index is 0.0819. The van der Waals surface area contributed by atoms with Crippen molar-refractivity contribution in [1.82, 2.24) is 20.3 Å². The molecule has 9 nitrogen and oxygen atoms in total. The van der Waals surface area contributed by atoms with Crippen LogP contribution in [-0.2, 0) is 4.74 Å². The SMILES string of the molecule is CCOC(=O)c1cccc(-c2nc3nonc3nc2N2CCC(Oc3ccc(Cl)cc3)CC2)c1. The van der Waals surface area contributed by atoms with Crippen LogP contribution in [0.4, 0.5) is 5.82 Å². The fraction of sp³-hybridized carbons (Fsp3) is 0.292.